The zero-order chi connectivity index (χ0) is 13.8. The molecule has 3 nitrogen and oxygen atoms in total. The van der Waals surface area contributed by atoms with Crippen LogP contribution < -0.4 is 4.74 Å². The lowest BCUT2D eigenvalue weighted by molar-refractivity contribution is 0.0307. The Morgan fingerprint density at radius 1 is 1.32 bits per heavy atom. The van der Waals surface area contributed by atoms with Gasteiger partial charge in [0, 0.05) is 12.5 Å². The molecule has 1 aliphatic rings. The van der Waals surface area contributed by atoms with Crippen LogP contribution in [0.25, 0.3) is 0 Å². The van der Waals surface area contributed by atoms with Crippen molar-refractivity contribution < 1.29 is 14.6 Å². The average Bonchev–Trinajstić information content (AvgIpc) is 2.86. The minimum atomic E-state index is -0.444. The van der Waals surface area contributed by atoms with Crippen LogP contribution in [0, 0.1) is 5.92 Å². The summed E-state index contributed by atoms with van der Waals surface area (Å²) in [6.07, 6.45) is 1.80. The van der Waals surface area contributed by atoms with Crippen LogP contribution in [0.3, 0.4) is 0 Å². The first kappa shape index (κ1) is 14.4. The molecule has 106 valence electrons. The van der Waals surface area contributed by atoms with Crippen molar-refractivity contribution in [2.75, 3.05) is 6.61 Å². The zero-order valence-electron chi connectivity index (χ0n) is 12.0. The Morgan fingerprint density at radius 3 is 2.58 bits per heavy atom. The van der Waals surface area contributed by atoms with E-state index in [2.05, 4.69) is 6.92 Å². The third-order valence-electron chi connectivity index (χ3n) is 3.66. The third-order valence-corrected chi connectivity index (χ3v) is 3.66. The molecule has 0 spiro atoms. The topological polar surface area (TPSA) is 38.7 Å². The van der Waals surface area contributed by atoms with Crippen LogP contribution in [0.15, 0.2) is 24.3 Å². The number of ether oxygens (including phenoxy) is 2. The van der Waals surface area contributed by atoms with Crippen molar-refractivity contribution in [1.29, 1.82) is 0 Å². The molecule has 0 aliphatic carbocycles. The lowest BCUT2D eigenvalue weighted by Gasteiger charge is -2.23. The van der Waals surface area contributed by atoms with E-state index in [0.29, 0.717) is 0 Å². The molecule has 1 heterocycles. The number of aliphatic hydroxyl groups is 1. The van der Waals surface area contributed by atoms with E-state index in [4.69, 9.17) is 9.47 Å². The molecule has 0 amide bonds. The molecule has 1 aliphatic heterocycles. The third kappa shape index (κ3) is 3.48. The number of rotatable bonds is 5. The van der Waals surface area contributed by atoms with Crippen LogP contribution in [0.4, 0.5) is 0 Å². The normalized spacial score (nSPS) is 24.7. The van der Waals surface area contributed by atoms with Gasteiger partial charge in [-0.15, -0.1) is 0 Å². The Labute approximate surface area is 115 Å². The molecule has 1 N–H and O–H groups in total. The van der Waals surface area contributed by atoms with E-state index >= 15 is 0 Å². The van der Waals surface area contributed by atoms with E-state index in [9.17, 15) is 5.11 Å². The Hall–Kier alpha value is -1.06. The predicted octanol–water partition coefficient (Wildman–Crippen LogP) is 3.32. The maximum Gasteiger partial charge on any atom is 0.119 e. The molecule has 0 bridgehead atoms. The van der Waals surface area contributed by atoms with E-state index in [1.165, 1.54) is 0 Å². The summed E-state index contributed by atoms with van der Waals surface area (Å²) in [7, 11) is 0. The van der Waals surface area contributed by atoms with Gasteiger partial charge in [0.1, 0.15) is 5.75 Å². The van der Waals surface area contributed by atoms with Gasteiger partial charge in [-0.2, -0.15) is 0 Å². The van der Waals surface area contributed by atoms with Crippen molar-refractivity contribution in [3.05, 3.63) is 29.8 Å². The summed E-state index contributed by atoms with van der Waals surface area (Å²) in [5.41, 5.74) is 0.949. The minimum absolute atomic E-state index is 0.170. The smallest absolute Gasteiger partial charge is 0.119 e. The molecule has 2 rings (SSSR count). The van der Waals surface area contributed by atoms with Crippen LogP contribution in [0.1, 0.15) is 45.3 Å². The van der Waals surface area contributed by atoms with Crippen molar-refractivity contribution in [2.45, 2.75) is 51.9 Å². The molecule has 0 aromatic heterocycles. The highest BCUT2D eigenvalue weighted by Crippen LogP contribution is 2.35. The fourth-order valence-electron chi connectivity index (χ4n) is 2.71. The molecule has 1 aromatic carbocycles. The highest BCUT2D eigenvalue weighted by molar-refractivity contribution is 5.29. The number of hydrogen-bond donors (Lipinski definition) is 1. The van der Waals surface area contributed by atoms with Crippen LogP contribution in [0.2, 0.25) is 0 Å². The molecule has 0 radical (unpaired) electrons. The van der Waals surface area contributed by atoms with E-state index in [-0.39, 0.29) is 18.1 Å². The molecule has 3 heteroatoms. The van der Waals surface area contributed by atoms with Gasteiger partial charge in [0.05, 0.1) is 18.3 Å². The van der Waals surface area contributed by atoms with Crippen molar-refractivity contribution in [3.63, 3.8) is 0 Å². The molecular formula is C16H24O3. The summed E-state index contributed by atoms with van der Waals surface area (Å²) >= 11 is 0. The van der Waals surface area contributed by atoms with E-state index < -0.39 is 6.10 Å². The van der Waals surface area contributed by atoms with Gasteiger partial charge in [-0.3, -0.25) is 0 Å². The summed E-state index contributed by atoms with van der Waals surface area (Å²) in [6, 6.07) is 7.76. The van der Waals surface area contributed by atoms with Crippen LogP contribution in [0.5, 0.6) is 5.75 Å². The summed E-state index contributed by atoms with van der Waals surface area (Å²) < 4.78 is 11.3. The standard InChI is InChI=1S/C16H24O3/c1-4-15-14(9-10-18-15)16(17)12-5-7-13(8-6-12)19-11(2)3/h5-8,11,14-17H,4,9-10H2,1-3H3. The monoisotopic (exact) mass is 264 g/mol. The largest absolute Gasteiger partial charge is 0.491 e. The van der Waals surface area contributed by atoms with Gasteiger partial charge in [-0.05, 0) is 44.4 Å². The van der Waals surface area contributed by atoms with Crippen LogP contribution >= 0.6 is 0 Å². The van der Waals surface area contributed by atoms with Gasteiger partial charge in [0.15, 0.2) is 0 Å². The van der Waals surface area contributed by atoms with Crippen molar-refractivity contribution in [2.24, 2.45) is 5.92 Å². The maximum atomic E-state index is 10.5. The molecule has 3 unspecified atom stereocenters. The lowest BCUT2D eigenvalue weighted by atomic mass is 9.89. The van der Waals surface area contributed by atoms with Gasteiger partial charge < -0.3 is 14.6 Å². The highest BCUT2D eigenvalue weighted by Gasteiger charge is 2.33. The van der Waals surface area contributed by atoms with Gasteiger partial charge in [0.25, 0.3) is 0 Å². The molecule has 1 aromatic rings. The molecule has 3 atom stereocenters. The van der Waals surface area contributed by atoms with Gasteiger partial charge >= 0.3 is 0 Å². The highest BCUT2D eigenvalue weighted by atomic mass is 16.5. The fourth-order valence-corrected chi connectivity index (χ4v) is 2.71. The summed E-state index contributed by atoms with van der Waals surface area (Å²) in [5.74, 6) is 1.06. The SMILES string of the molecule is CCC1OCCC1C(O)c1ccc(OC(C)C)cc1. The second-order valence-corrected chi connectivity index (χ2v) is 5.45. The second kappa shape index (κ2) is 6.40. The Bertz CT molecular complexity index is 385. The van der Waals surface area contributed by atoms with E-state index in [0.717, 1.165) is 30.8 Å². The van der Waals surface area contributed by atoms with E-state index in [1.54, 1.807) is 0 Å². The number of hydrogen-bond acceptors (Lipinski definition) is 3. The average molecular weight is 264 g/mol. The Kier molecular flexibility index (Phi) is 4.83. The first-order valence-corrected chi connectivity index (χ1v) is 7.18. The summed E-state index contributed by atoms with van der Waals surface area (Å²) in [6.45, 7) is 6.87. The molecule has 1 saturated heterocycles. The number of aliphatic hydroxyl groups excluding tert-OH is 1. The van der Waals surface area contributed by atoms with Crippen LogP contribution in [-0.4, -0.2) is 23.9 Å². The van der Waals surface area contributed by atoms with Crippen molar-refractivity contribution in [1.82, 2.24) is 0 Å². The molecule has 0 saturated carbocycles. The fraction of sp³-hybridized carbons (Fsp3) is 0.625. The van der Waals surface area contributed by atoms with Crippen molar-refractivity contribution >= 4 is 0 Å². The van der Waals surface area contributed by atoms with Crippen LogP contribution in [-0.2, 0) is 4.74 Å². The van der Waals surface area contributed by atoms with Gasteiger partial charge in [-0.25, -0.2) is 0 Å². The summed E-state index contributed by atoms with van der Waals surface area (Å²) in [5, 5.41) is 10.5. The second-order valence-electron chi connectivity index (χ2n) is 5.45. The van der Waals surface area contributed by atoms with E-state index in [1.807, 2.05) is 38.1 Å². The first-order chi connectivity index (χ1) is 9.11. The van der Waals surface area contributed by atoms with Crippen molar-refractivity contribution in [3.8, 4) is 5.75 Å². The molecular weight excluding hydrogens is 240 g/mol. The summed E-state index contributed by atoms with van der Waals surface area (Å²) in [4.78, 5) is 0. The zero-order valence-corrected chi connectivity index (χ0v) is 12.0. The lowest BCUT2D eigenvalue weighted by Crippen LogP contribution is -2.22. The van der Waals surface area contributed by atoms with Gasteiger partial charge in [0.2, 0.25) is 0 Å². The first-order valence-electron chi connectivity index (χ1n) is 7.18. The molecule has 19 heavy (non-hydrogen) atoms. The Morgan fingerprint density at radius 2 is 2.00 bits per heavy atom. The maximum absolute atomic E-state index is 10.5. The van der Waals surface area contributed by atoms with Gasteiger partial charge in [-0.1, -0.05) is 19.1 Å². The number of benzene rings is 1. The minimum Gasteiger partial charge on any atom is -0.491 e. The predicted molar refractivity (Wildman–Crippen MR) is 75.3 cm³/mol. The Balaban J connectivity index is 2.04. The quantitative estimate of drug-likeness (QED) is 0.886. The molecule has 1 fully saturated rings.